The summed E-state index contributed by atoms with van der Waals surface area (Å²) in [6, 6.07) is 0. The molecule has 4 heteroatoms. The van der Waals surface area contributed by atoms with E-state index in [9.17, 15) is 0 Å². The van der Waals surface area contributed by atoms with E-state index in [0.29, 0.717) is 5.92 Å². The number of piperidine rings is 1. The second kappa shape index (κ2) is 5.43. The maximum atomic E-state index is 5.95. The van der Waals surface area contributed by atoms with Crippen molar-refractivity contribution in [2.75, 3.05) is 23.9 Å². The number of halogens is 1. The van der Waals surface area contributed by atoms with Crippen LogP contribution in [0.2, 0.25) is 0 Å². The maximum absolute atomic E-state index is 5.95. The highest BCUT2D eigenvalue weighted by atomic mass is 35.5. The molecule has 0 unspecified atom stereocenters. The minimum Gasteiger partial charge on any atom is -0.356 e. The van der Waals surface area contributed by atoms with Crippen molar-refractivity contribution in [3.05, 3.63) is 17.6 Å². The number of hydrogen-bond donors (Lipinski definition) is 0. The Labute approximate surface area is 114 Å². The minimum absolute atomic E-state index is 0.695. The van der Waals surface area contributed by atoms with Crippen molar-refractivity contribution in [1.82, 2.24) is 9.97 Å². The average molecular weight is 266 g/mol. The number of nitrogens with zero attached hydrogens (tertiary/aromatic N) is 3. The van der Waals surface area contributed by atoms with Crippen LogP contribution in [-0.4, -0.2) is 28.9 Å². The first kappa shape index (κ1) is 12.2. The summed E-state index contributed by atoms with van der Waals surface area (Å²) in [5.74, 6) is 2.70. The molecule has 2 heterocycles. The predicted octanol–water partition coefficient (Wildman–Crippen LogP) is 2.81. The number of hydrogen-bond acceptors (Lipinski definition) is 3. The minimum atomic E-state index is 0.695. The van der Waals surface area contributed by atoms with Crippen molar-refractivity contribution >= 4 is 17.4 Å². The van der Waals surface area contributed by atoms with E-state index in [4.69, 9.17) is 11.6 Å². The summed E-state index contributed by atoms with van der Waals surface area (Å²) < 4.78 is 0. The molecule has 1 aromatic heterocycles. The van der Waals surface area contributed by atoms with Crippen LogP contribution in [0, 0.1) is 5.92 Å². The molecule has 3 rings (SSSR count). The van der Waals surface area contributed by atoms with Crippen LogP contribution in [0.5, 0.6) is 0 Å². The van der Waals surface area contributed by atoms with Crippen LogP contribution in [0.4, 0.5) is 5.82 Å². The summed E-state index contributed by atoms with van der Waals surface area (Å²) in [5.41, 5.74) is 2.69. The van der Waals surface area contributed by atoms with Crippen LogP contribution < -0.4 is 4.90 Å². The van der Waals surface area contributed by atoms with Gasteiger partial charge in [-0.1, -0.05) is 0 Å². The molecule has 1 fully saturated rings. The molecular weight excluding hydrogens is 246 g/mol. The van der Waals surface area contributed by atoms with Crippen LogP contribution in [-0.2, 0) is 12.8 Å². The second-order valence-corrected chi connectivity index (χ2v) is 5.72. The molecule has 0 radical (unpaired) electrons. The molecule has 1 saturated heterocycles. The van der Waals surface area contributed by atoms with Gasteiger partial charge < -0.3 is 4.90 Å². The molecule has 0 aromatic carbocycles. The fourth-order valence-electron chi connectivity index (χ4n) is 3.08. The Morgan fingerprint density at radius 2 is 1.94 bits per heavy atom. The molecule has 0 saturated carbocycles. The topological polar surface area (TPSA) is 29.0 Å². The van der Waals surface area contributed by atoms with Gasteiger partial charge in [-0.15, -0.1) is 11.6 Å². The van der Waals surface area contributed by atoms with Gasteiger partial charge in [0.05, 0.1) is 0 Å². The van der Waals surface area contributed by atoms with E-state index in [1.807, 2.05) is 0 Å². The lowest BCUT2D eigenvalue weighted by Gasteiger charge is -2.34. The van der Waals surface area contributed by atoms with Crippen LogP contribution in [0.1, 0.15) is 36.9 Å². The van der Waals surface area contributed by atoms with Gasteiger partial charge in [0.15, 0.2) is 0 Å². The average Bonchev–Trinajstić information content (AvgIpc) is 2.47. The number of aryl methyl sites for hydroxylation is 1. The monoisotopic (exact) mass is 265 g/mol. The molecule has 1 aliphatic carbocycles. The quantitative estimate of drug-likeness (QED) is 0.770. The first-order valence-electron chi connectivity index (χ1n) is 7.02. The summed E-state index contributed by atoms with van der Waals surface area (Å²) >= 11 is 5.95. The zero-order valence-electron chi connectivity index (χ0n) is 10.7. The third kappa shape index (κ3) is 2.33. The Bertz CT molecular complexity index is 414. The second-order valence-electron chi connectivity index (χ2n) is 5.41. The summed E-state index contributed by atoms with van der Waals surface area (Å²) in [7, 11) is 0. The molecule has 18 heavy (non-hydrogen) atoms. The van der Waals surface area contributed by atoms with Gasteiger partial charge in [0, 0.05) is 30.2 Å². The molecule has 1 aliphatic heterocycles. The van der Waals surface area contributed by atoms with Crippen LogP contribution >= 0.6 is 11.6 Å². The Hall–Kier alpha value is -0.830. The highest BCUT2D eigenvalue weighted by Gasteiger charge is 2.23. The lowest BCUT2D eigenvalue weighted by atomic mass is 9.94. The maximum Gasteiger partial charge on any atom is 0.135 e. The predicted molar refractivity (Wildman–Crippen MR) is 74.3 cm³/mol. The molecule has 0 spiro atoms. The third-order valence-corrected chi connectivity index (χ3v) is 4.67. The van der Waals surface area contributed by atoms with E-state index < -0.39 is 0 Å². The Morgan fingerprint density at radius 1 is 1.17 bits per heavy atom. The van der Waals surface area contributed by atoms with Crippen molar-refractivity contribution < 1.29 is 0 Å². The highest BCUT2D eigenvalue weighted by molar-refractivity contribution is 6.18. The van der Waals surface area contributed by atoms with Gasteiger partial charge in [-0.2, -0.15) is 0 Å². The van der Waals surface area contributed by atoms with Gasteiger partial charge in [-0.25, -0.2) is 9.97 Å². The zero-order chi connectivity index (χ0) is 12.4. The molecule has 2 aliphatic rings. The van der Waals surface area contributed by atoms with Gasteiger partial charge >= 0.3 is 0 Å². The fourth-order valence-corrected chi connectivity index (χ4v) is 3.38. The van der Waals surface area contributed by atoms with Crippen molar-refractivity contribution in [1.29, 1.82) is 0 Å². The van der Waals surface area contributed by atoms with Crippen LogP contribution in [0.3, 0.4) is 0 Å². The third-order valence-electron chi connectivity index (χ3n) is 4.23. The smallest absolute Gasteiger partial charge is 0.135 e. The summed E-state index contributed by atoms with van der Waals surface area (Å²) in [5, 5.41) is 0. The zero-order valence-corrected chi connectivity index (χ0v) is 11.5. The normalized spacial score (nSPS) is 20.8. The van der Waals surface area contributed by atoms with E-state index in [-0.39, 0.29) is 0 Å². The van der Waals surface area contributed by atoms with Gasteiger partial charge in [0.25, 0.3) is 0 Å². The van der Waals surface area contributed by atoms with Crippen LogP contribution in [0.25, 0.3) is 0 Å². The summed E-state index contributed by atoms with van der Waals surface area (Å²) in [4.78, 5) is 11.4. The molecule has 1 aromatic rings. The van der Waals surface area contributed by atoms with Crippen molar-refractivity contribution in [3.63, 3.8) is 0 Å². The van der Waals surface area contributed by atoms with E-state index in [2.05, 4.69) is 14.9 Å². The number of alkyl halides is 1. The molecule has 0 amide bonds. The van der Waals surface area contributed by atoms with Crippen molar-refractivity contribution in [2.45, 2.75) is 38.5 Å². The summed E-state index contributed by atoms with van der Waals surface area (Å²) in [6.07, 6.45) is 8.98. The van der Waals surface area contributed by atoms with E-state index in [0.717, 1.165) is 31.8 Å². The van der Waals surface area contributed by atoms with E-state index in [1.54, 1.807) is 6.33 Å². The SMILES string of the molecule is ClCC1CCN(c2ncnc3c2CCCC3)CC1. The van der Waals surface area contributed by atoms with Crippen molar-refractivity contribution in [2.24, 2.45) is 5.92 Å². The first-order chi connectivity index (χ1) is 8.88. The Kier molecular flexibility index (Phi) is 3.69. The number of fused-ring (bicyclic) bond motifs is 1. The molecule has 3 nitrogen and oxygen atoms in total. The van der Waals surface area contributed by atoms with Gasteiger partial charge in [0.2, 0.25) is 0 Å². The Balaban J connectivity index is 1.80. The number of rotatable bonds is 2. The number of aromatic nitrogens is 2. The largest absolute Gasteiger partial charge is 0.356 e. The summed E-state index contributed by atoms with van der Waals surface area (Å²) in [6.45, 7) is 2.20. The Morgan fingerprint density at radius 3 is 2.72 bits per heavy atom. The molecule has 98 valence electrons. The van der Waals surface area contributed by atoms with Gasteiger partial charge in [-0.05, 0) is 44.4 Å². The van der Waals surface area contributed by atoms with Crippen LogP contribution in [0.15, 0.2) is 6.33 Å². The fraction of sp³-hybridized carbons (Fsp3) is 0.714. The first-order valence-corrected chi connectivity index (χ1v) is 7.55. The van der Waals surface area contributed by atoms with Crippen molar-refractivity contribution in [3.8, 4) is 0 Å². The standard InChI is InChI=1S/C14H20ClN3/c15-9-11-5-7-18(8-6-11)14-12-3-1-2-4-13(12)16-10-17-14/h10-11H,1-9H2. The highest BCUT2D eigenvalue weighted by Crippen LogP contribution is 2.30. The molecular formula is C14H20ClN3. The van der Waals surface area contributed by atoms with Gasteiger partial charge in [-0.3, -0.25) is 0 Å². The van der Waals surface area contributed by atoms with E-state index in [1.165, 1.54) is 42.8 Å². The molecule has 0 bridgehead atoms. The molecule has 0 atom stereocenters. The number of anilines is 1. The lowest BCUT2D eigenvalue weighted by molar-refractivity contribution is 0.439. The van der Waals surface area contributed by atoms with E-state index >= 15 is 0 Å². The lowest BCUT2D eigenvalue weighted by Crippen LogP contribution is -2.36. The molecule has 0 N–H and O–H groups in total. The van der Waals surface area contributed by atoms with Gasteiger partial charge in [0.1, 0.15) is 12.1 Å².